The number of nitrogens with one attached hydrogen (secondary N) is 1. The van der Waals surface area contributed by atoms with Crippen LogP contribution in [0.15, 0.2) is 53.8 Å². The Labute approximate surface area is 243 Å². The number of halogens is 4. The molecule has 2 rings (SSSR count). The quantitative estimate of drug-likeness (QED) is 0.129. The van der Waals surface area contributed by atoms with Gasteiger partial charge in [0.1, 0.15) is 19.5 Å². The second-order valence-corrected chi connectivity index (χ2v) is 10.8. The van der Waals surface area contributed by atoms with Crippen LogP contribution in [0.3, 0.4) is 0 Å². The van der Waals surface area contributed by atoms with E-state index in [4.69, 9.17) is 0 Å². The molecule has 2 N–H and O–H groups in total. The van der Waals surface area contributed by atoms with E-state index in [1.54, 1.807) is 33.2 Å². The zero-order chi connectivity index (χ0) is 31.7. The van der Waals surface area contributed by atoms with Gasteiger partial charge in [0, 0.05) is 19.7 Å². The molecule has 0 aliphatic rings. The fourth-order valence-electron chi connectivity index (χ4n) is 3.42. The van der Waals surface area contributed by atoms with E-state index in [1.165, 1.54) is 22.5 Å². The van der Waals surface area contributed by atoms with Crippen LogP contribution in [-0.2, 0) is 22.1 Å². The lowest BCUT2D eigenvalue weighted by Crippen LogP contribution is -2.43. The minimum atomic E-state index is -4.34. The third-order valence-corrected chi connectivity index (χ3v) is 5.80. The van der Waals surface area contributed by atoms with E-state index in [0.717, 1.165) is 5.56 Å². The highest BCUT2D eigenvalue weighted by Crippen LogP contribution is 2.22. The molecule has 1 heterocycles. The van der Waals surface area contributed by atoms with Crippen molar-refractivity contribution in [3.63, 3.8) is 0 Å². The summed E-state index contributed by atoms with van der Waals surface area (Å²) in [6.45, 7) is 14.1. The van der Waals surface area contributed by atoms with Gasteiger partial charge < -0.3 is 9.84 Å². The first-order valence-corrected chi connectivity index (χ1v) is 13.9. The number of ether oxygens (including phenoxy) is 1. The Morgan fingerprint density at radius 2 is 1.73 bits per heavy atom. The number of nitrogens with zero attached hydrogens (tertiary/aromatic N) is 4. The summed E-state index contributed by atoms with van der Waals surface area (Å²) in [6.07, 6.45) is 2.32. The van der Waals surface area contributed by atoms with E-state index in [-0.39, 0.29) is 18.1 Å². The average Bonchev–Trinajstić information content (AvgIpc) is 3.47. The molecule has 0 saturated heterocycles. The monoisotopic (exact) mass is 587 g/mol. The van der Waals surface area contributed by atoms with Crippen molar-refractivity contribution in [3.05, 3.63) is 59.9 Å². The number of aromatic nitrogens is 3. The molecule has 2 aromatic rings. The van der Waals surface area contributed by atoms with Gasteiger partial charge in [0.2, 0.25) is 0 Å². The molecule has 41 heavy (non-hydrogen) atoms. The molecule has 11 heteroatoms. The lowest BCUT2D eigenvalue weighted by atomic mass is 9.86. The highest BCUT2D eigenvalue weighted by Gasteiger charge is 2.27. The zero-order valence-electron chi connectivity index (χ0n) is 26.0. The van der Waals surface area contributed by atoms with Crippen LogP contribution in [0.1, 0.15) is 72.9 Å². The van der Waals surface area contributed by atoms with Gasteiger partial charge in [-0.3, -0.25) is 10.3 Å². The minimum absolute atomic E-state index is 0.0747. The van der Waals surface area contributed by atoms with Gasteiger partial charge in [-0.25, -0.2) is 9.07 Å². The summed E-state index contributed by atoms with van der Waals surface area (Å²) in [5, 5.41) is 20.8. The lowest BCUT2D eigenvalue weighted by Gasteiger charge is -2.22. The summed E-state index contributed by atoms with van der Waals surface area (Å²) in [5.41, 5.74) is 2.40. The van der Waals surface area contributed by atoms with E-state index in [2.05, 4.69) is 58.3 Å². The van der Waals surface area contributed by atoms with Crippen molar-refractivity contribution in [2.45, 2.75) is 97.6 Å². The molecule has 1 aromatic carbocycles. The molecule has 234 valence electrons. The van der Waals surface area contributed by atoms with Gasteiger partial charge in [-0.2, -0.15) is 13.2 Å². The molecule has 2 atom stereocenters. The molecule has 2 unspecified atom stereocenters. The van der Waals surface area contributed by atoms with Crippen LogP contribution >= 0.6 is 0 Å². The van der Waals surface area contributed by atoms with E-state index < -0.39 is 31.2 Å². The van der Waals surface area contributed by atoms with Crippen molar-refractivity contribution >= 4 is 5.71 Å². The number of rotatable bonds is 12. The molecule has 0 bridgehead atoms. The standard InChI is InChI=1S/C22H33F3N2O2.C6H10FN3.C2H6/c1-6-18(19(26-5)8-7-13-29-15-22(23,24)25)27-20(28)14-16-9-11-17(12-10-16)21(2,3)4;1-6(2,5-7)10-4-3-8-9-10;1-2/h7-12,18,20,27-28H,6,13-15H2,1-5H3;3-4H,5H2,1-2H3;1-2H3/b8-7-,26-19?;;. The zero-order valence-corrected chi connectivity index (χ0v) is 26.0. The molecule has 0 amide bonds. The fraction of sp³-hybridized carbons (Fsp3) is 0.633. The number of aliphatic hydroxyl groups is 1. The highest BCUT2D eigenvalue weighted by molar-refractivity contribution is 5.99. The fourth-order valence-corrected chi connectivity index (χ4v) is 3.42. The predicted octanol–water partition coefficient (Wildman–Crippen LogP) is 6.43. The molecule has 0 radical (unpaired) electrons. The Hall–Kier alpha value is -2.63. The van der Waals surface area contributed by atoms with Crippen molar-refractivity contribution in [2.75, 3.05) is 26.9 Å². The number of hydrogen-bond donors (Lipinski definition) is 2. The second-order valence-electron chi connectivity index (χ2n) is 10.8. The van der Waals surface area contributed by atoms with Crippen LogP contribution < -0.4 is 5.32 Å². The number of benzene rings is 1. The summed E-state index contributed by atoms with van der Waals surface area (Å²) in [4.78, 5) is 4.18. The van der Waals surface area contributed by atoms with E-state index in [9.17, 15) is 22.7 Å². The van der Waals surface area contributed by atoms with E-state index >= 15 is 0 Å². The lowest BCUT2D eigenvalue weighted by molar-refractivity contribution is -0.171. The largest absolute Gasteiger partial charge is 0.411 e. The first kappa shape index (κ1) is 38.4. The van der Waals surface area contributed by atoms with Gasteiger partial charge >= 0.3 is 6.18 Å². The summed E-state index contributed by atoms with van der Waals surface area (Å²) in [5.74, 6) is 0. The van der Waals surface area contributed by atoms with Crippen LogP contribution in [0.5, 0.6) is 0 Å². The van der Waals surface area contributed by atoms with Gasteiger partial charge in [-0.15, -0.1) is 5.10 Å². The number of aliphatic hydroxyl groups excluding tert-OH is 1. The Balaban J connectivity index is 0.00000111. The van der Waals surface area contributed by atoms with Crippen LogP contribution in [0.2, 0.25) is 0 Å². The first-order valence-electron chi connectivity index (χ1n) is 13.9. The molecular weight excluding hydrogens is 538 g/mol. The van der Waals surface area contributed by atoms with Gasteiger partial charge in [-0.1, -0.05) is 77.1 Å². The van der Waals surface area contributed by atoms with Crippen molar-refractivity contribution in [1.82, 2.24) is 20.3 Å². The third kappa shape index (κ3) is 15.8. The average molecular weight is 588 g/mol. The maximum Gasteiger partial charge on any atom is 0.411 e. The molecule has 0 fully saturated rings. The highest BCUT2D eigenvalue weighted by atomic mass is 19.4. The maximum absolute atomic E-state index is 12.2. The normalized spacial score (nSPS) is 14.1. The van der Waals surface area contributed by atoms with Crippen LogP contribution in [0, 0.1) is 0 Å². The molecule has 0 aliphatic carbocycles. The minimum Gasteiger partial charge on any atom is -0.378 e. The van der Waals surface area contributed by atoms with Crippen molar-refractivity contribution in [3.8, 4) is 0 Å². The van der Waals surface area contributed by atoms with E-state index in [1.807, 2.05) is 32.9 Å². The van der Waals surface area contributed by atoms with Crippen LogP contribution in [0.4, 0.5) is 17.6 Å². The molecule has 7 nitrogen and oxygen atoms in total. The smallest absolute Gasteiger partial charge is 0.378 e. The molecule has 0 saturated carbocycles. The molecule has 1 aromatic heterocycles. The number of hydrogen-bond acceptors (Lipinski definition) is 6. The SMILES string of the molecule is CC.CC(C)(CF)n1ccnn1.CCC(NC(O)Cc1ccc(C(C)(C)C)cc1)C(/C=C\COCC(F)(F)F)=NC. The predicted molar refractivity (Wildman–Crippen MR) is 158 cm³/mol. The maximum atomic E-state index is 12.2. The van der Waals surface area contributed by atoms with Gasteiger partial charge in [0.15, 0.2) is 0 Å². The second kappa shape index (κ2) is 18.7. The summed E-state index contributed by atoms with van der Waals surface area (Å²) >= 11 is 0. The Morgan fingerprint density at radius 1 is 1.12 bits per heavy atom. The Kier molecular flexibility index (Phi) is 17.5. The van der Waals surface area contributed by atoms with Crippen molar-refractivity contribution in [2.24, 2.45) is 4.99 Å². The topological polar surface area (TPSA) is 84.6 Å². The van der Waals surface area contributed by atoms with Crippen molar-refractivity contribution < 1.29 is 27.4 Å². The first-order chi connectivity index (χ1) is 19.1. The summed E-state index contributed by atoms with van der Waals surface area (Å²) < 4.78 is 54.6. The van der Waals surface area contributed by atoms with Gasteiger partial charge in [-0.05, 0) is 42.9 Å². The Bertz CT molecular complexity index is 999. The summed E-state index contributed by atoms with van der Waals surface area (Å²) in [6, 6.07) is 7.95. The van der Waals surface area contributed by atoms with Gasteiger partial charge in [0.05, 0.1) is 30.1 Å². The third-order valence-electron chi connectivity index (χ3n) is 5.80. The van der Waals surface area contributed by atoms with Gasteiger partial charge in [0.25, 0.3) is 0 Å². The number of aliphatic imine (C=N–C) groups is 1. The number of alkyl halides is 4. The Morgan fingerprint density at radius 3 is 2.17 bits per heavy atom. The summed E-state index contributed by atoms with van der Waals surface area (Å²) in [7, 11) is 1.61. The molecular formula is C30H49F4N5O2. The van der Waals surface area contributed by atoms with Crippen LogP contribution in [-0.4, -0.2) is 71.2 Å². The van der Waals surface area contributed by atoms with Crippen LogP contribution in [0.25, 0.3) is 0 Å². The van der Waals surface area contributed by atoms with E-state index in [0.29, 0.717) is 18.6 Å². The van der Waals surface area contributed by atoms with Crippen molar-refractivity contribution in [1.29, 1.82) is 0 Å². The molecule has 0 aliphatic heterocycles. The molecule has 0 spiro atoms.